The summed E-state index contributed by atoms with van der Waals surface area (Å²) in [5.41, 5.74) is 9.10. The Labute approximate surface area is 149 Å². The van der Waals surface area contributed by atoms with Crippen LogP contribution in [-0.4, -0.2) is 32.4 Å². The Kier molecular flexibility index (Phi) is 7.11. The molecular weight excluding hydrogens is 413 g/mol. The lowest BCUT2D eigenvalue weighted by Gasteiger charge is -2.20. The second kappa shape index (κ2) is 8.14. The van der Waals surface area contributed by atoms with Gasteiger partial charge in [0, 0.05) is 12.2 Å². The molecule has 1 aliphatic rings. The van der Waals surface area contributed by atoms with Crippen LogP contribution in [0.3, 0.4) is 0 Å². The number of benzene rings is 1. The van der Waals surface area contributed by atoms with E-state index in [4.69, 9.17) is 5.73 Å². The molecule has 0 spiro atoms. The summed E-state index contributed by atoms with van der Waals surface area (Å²) >= 11 is 0. The summed E-state index contributed by atoms with van der Waals surface area (Å²) < 4.78 is 23.2. The molecule has 2 rings (SSSR count). The van der Waals surface area contributed by atoms with Gasteiger partial charge < -0.3 is 11.1 Å². The fourth-order valence-electron chi connectivity index (χ4n) is 2.72. The highest BCUT2D eigenvalue weighted by molar-refractivity contribution is 14.0. The van der Waals surface area contributed by atoms with Crippen molar-refractivity contribution in [3.8, 4) is 0 Å². The van der Waals surface area contributed by atoms with Crippen molar-refractivity contribution < 1.29 is 8.42 Å². The van der Waals surface area contributed by atoms with Crippen LogP contribution in [0.15, 0.2) is 23.2 Å². The van der Waals surface area contributed by atoms with Gasteiger partial charge in [0.1, 0.15) is 0 Å². The Morgan fingerprint density at radius 1 is 1.32 bits per heavy atom. The first kappa shape index (κ1) is 19.2. The number of aliphatic imine (C=N–C) groups is 1. The van der Waals surface area contributed by atoms with Crippen LogP contribution in [0.2, 0.25) is 0 Å². The van der Waals surface area contributed by atoms with Crippen LogP contribution in [0.4, 0.5) is 5.69 Å². The first-order valence-corrected chi connectivity index (χ1v) is 9.02. The normalized spacial score (nSPS) is 21.0. The number of guanidine groups is 1. The van der Waals surface area contributed by atoms with Crippen LogP contribution in [-0.2, 0) is 9.84 Å². The molecule has 7 heteroatoms. The minimum Gasteiger partial charge on any atom is -0.370 e. The standard InChI is InChI=1S/C15H23N3O2S.HI/c1-11-6-12(2)8-14(7-11)18-15(16)17-9-13-4-3-5-21(19,20)10-13;/h6-8,13H,3-5,9-10H2,1-2H3,(H3,16,17,18);1H. The largest absolute Gasteiger partial charge is 0.370 e. The van der Waals surface area contributed by atoms with E-state index < -0.39 is 9.84 Å². The molecule has 0 amide bonds. The van der Waals surface area contributed by atoms with E-state index in [-0.39, 0.29) is 35.6 Å². The molecule has 3 N–H and O–H groups in total. The van der Waals surface area contributed by atoms with Gasteiger partial charge in [-0.15, -0.1) is 24.0 Å². The number of sulfone groups is 1. The molecule has 1 fully saturated rings. The highest BCUT2D eigenvalue weighted by Crippen LogP contribution is 2.18. The minimum absolute atomic E-state index is 0. The molecule has 1 atom stereocenters. The van der Waals surface area contributed by atoms with E-state index in [0.29, 0.717) is 18.3 Å². The maximum atomic E-state index is 11.6. The van der Waals surface area contributed by atoms with Gasteiger partial charge >= 0.3 is 0 Å². The molecule has 1 aromatic carbocycles. The van der Waals surface area contributed by atoms with Gasteiger partial charge in [0.2, 0.25) is 0 Å². The number of aryl methyl sites for hydroxylation is 2. The van der Waals surface area contributed by atoms with Crippen molar-refractivity contribution in [2.24, 2.45) is 16.6 Å². The summed E-state index contributed by atoms with van der Waals surface area (Å²) in [6, 6.07) is 6.09. The number of nitrogens with one attached hydrogen (secondary N) is 1. The van der Waals surface area contributed by atoms with Crippen molar-refractivity contribution in [2.75, 3.05) is 23.4 Å². The van der Waals surface area contributed by atoms with Crippen molar-refractivity contribution in [1.29, 1.82) is 0 Å². The van der Waals surface area contributed by atoms with E-state index >= 15 is 0 Å². The topological polar surface area (TPSA) is 84.5 Å². The summed E-state index contributed by atoms with van der Waals surface area (Å²) in [6.45, 7) is 4.51. The molecular formula is C15H24IN3O2S. The molecule has 1 aromatic rings. The number of anilines is 1. The Morgan fingerprint density at radius 3 is 2.55 bits per heavy atom. The summed E-state index contributed by atoms with van der Waals surface area (Å²) in [4.78, 5) is 4.29. The average molecular weight is 437 g/mol. The third-order valence-electron chi connectivity index (χ3n) is 3.57. The molecule has 22 heavy (non-hydrogen) atoms. The highest BCUT2D eigenvalue weighted by Gasteiger charge is 2.24. The molecule has 0 bridgehead atoms. The van der Waals surface area contributed by atoms with Crippen molar-refractivity contribution in [3.63, 3.8) is 0 Å². The van der Waals surface area contributed by atoms with E-state index in [1.54, 1.807) is 0 Å². The van der Waals surface area contributed by atoms with E-state index in [1.165, 1.54) is 0 Å². The zero-order valence-corrected chi connectivity index (χ0v) is 16.1. The third-order valence-corrected chi connectivity index (χ3v) is 5.46. The maximum absolute atomic E-state index is 11.6. The van der Waals surface area contributed by atoms with Crippen molar-refractivity contribution in [2.45, 2.75) is 26.7 Å². The van der Waals surface area contributed by atoms with Gasteiger partial charge in [-0.2, -0.15) is 0 Å². The predicted molar refractivity (Wildman–Crippen MR) is 103 cm³/mol. The molecule has 124 valence electrons. The lowest BCUT2D eigenvalue weighted by Crippen LogP contribution is -2.29. The van der Waals surface area contributed by atoms with Gasteiger partial charge in [0.05, 0.1) is 11.5 Å². The zero-order valence-electron chi connectivity index (χ0n) is 13.0. The molecule has 1 heterocycles. The van der Waals surface area contributed by atoms with Gasteiger partial charge in [0.15, 0.2) is 15.8 Å². The maximum Gasteiger partial charge on any atom is 0.193 e. The van der Waals surface area contributed by atoms with E-state index in [1.807, 2.05) is 26.0 Å². The number of nitrogens with two attached hydrogens (primary N) is 1. The Bertz CT molecular complexity index is 624. The lowest BCUT2D eigenvalue weighted by atomic mass is 10.1. The van der Waals surface area contributed by atoms with Gasteiger partial charge in [-0.25, -0.2) is 8.42 Å². The third kappa shape index (κ3) is 6.12. The number of hydrogen-bond donors (Lipinski definition) is 2. The Morgan fingerprint density at radius 2 is 1.95 bits per heavy atom. The first-order chi connectivity index (χ1) is 9.84. The van der Waals surface area contributed by atoms with E-state index in [2.05, 4.69) is 16.4 Å². The molecule has 5 nitrogen and oxygen atoms in total. The lowest BCUT2D eigenvalue weighted by molar-refractivity contribution is 0.494. The van der Waals surface area contributed by atoms with Crippen molar-refractivity contribution in [1.82, 2.24) is 0 Å². The molecule has 0 saturated carbocycles. The number of rotatable bonds is 3. The van der Waals surface area contributed by atoms with Crippen molar-refractivity contribution in [3.05, 3.63) is 29.3 Å². The second-order valence-electron chi connectivity index (χ2n) is 5.85. The molecule has 1 aliphatic heterocycles. The van der Waals surface area contributed by atoms with Gasteiger partial charge in [-0.3, -0.25) is 4.99 Å². The summed E-state index contributed by atoms with van der Waals surface area (Å²) in [5.74, 6) is 0.961. The van der Waals surface area contributed by atoms with Gasteiger partial charge in [-0.1, -0.05) is 6.07 Å². The monoisotopic (exact) mass is 437 g/mol. The average Bonchev–Trinajstić information content (AvgIpc) is 2.34. The summed E-state index contributed by atoms with van der Waals surface area (Å²) in [6.07, 6.45) is 1.63. The summed E-state index contributed by atoms with van der Waals surface area (Å²) in [7, 11) is -2.88. The smallest absolute Gasteiger partial charge is 0.193 e. The minimum atomic E-state index is -2.88. The molecule has 1 unspecified atom stereocenters. The van der Waals surface area contributed by atoms with E-state index in [0.717, 1.165) is 29.7 Å². The van der Waals surface area contributed by atoms with Gasteiger partial charge in [-0.05, 0) is 55.9 Å². The van der Waals surface area contributed by atoms with Crippen molar-refractivity contribution >= 4 is 45.5 Å². The van der Waals surface area contributed by atoms with Gasteiger partial charge in [0.25, 0.3) is 0 Å². The quantitative estimate of drug-likeness (QED) is 0.432. The fraction of sp³-hybridized carbons (Fsp3) is 0.533. The summed E-state index contributed by atoms with van der Waals surface area (Å²) in [5, 5.41) is 3.06. The molecule has 0 aliphatic carbocycles. The molecule has 1 saturated heterocycles. The van der Waals surface area contributed by atoms with Crippen LogP contribution < -0.4 is 11.1 Å². The second-order valence-corrected chi connectivity index (χ2v) is 8.08. The number of nitrogens with zero attached hydrogens (tertiary/aromatic N) is 1. The van der Waals surface area contributed by atoms with Crippen LogP contribution in [0, 0.1) is 19.8 Å². The van der Waals surface area contributed by atoms with Crippen LogP contribution in [0.25, 0.3) is 0 Å². The van der Waals surface area contributed by atoms with Crippen LogP contribution in [0.1, 0.15) is 24.0 Å². The molecule has 0 radical (unpaired) electrons. The zero-order chi connectivity index (χ0) is 15.5. The highest BCUT2D eigenvalue weighted by atomic mass is 127. The molecule has 0 aromatic heterocycles. The first-order valence-electron chi connectivity index (χ1n) is 7.20. The number of hydrogen-bond acceptors (Lipinski definition) is 3. The Hall–Kier alpha value is -0.830. The van der Waals surface area contributed by atoms with Crippen LogP contribution >= 0.6 is 24.0 Å². The van der Waals surface area contributed by atoms with Crippen LogP contribution in [0.5, 0.6) is 0 Å². The number of halogens is 1. The fourth-order valence-corrected chi connectivity index (χ4v) is 4.49. The SMILES string of the molecule is Cc1cc(C)cc(NC(N)=NCC2CCCS(=O)(=O)C2)c1.I. The van der Waals surface area contributed by atoms with E-state index in [9.17, 15) is 8.42 Å². The predicted octanol–water partition coefficient (Wildman–Crippen LogP) is 2.47. The Balaban J connectivity index is 0.00000242.